The van der Waals surface area contributed by atoms with Crippen LogP contribution in [0.4, 0.5) is 0 Å². The van der Waals surface area contributed by atoms with Crippen LogP contribution in [0.5, 0.6) is 0 Å². The second-order valence-corrected chi connectivity index (χ2v) is 9.57. The van der Waals surface area contributed by atoms with E-state index in [2.05, 4.69) is 29.6 Å². The van der Waals surface area contributed by atoms with Crippen LogP contribution in [0.3, 0.4) is 0 Å². The number of hydrogen-bond donors (Lipinski definition) is 3. The van der Waals surface area contributed by atoms with Crippen LogP contribution in [0.2, 0.25) is 0 Å². The van der Waals surface area contributed by atoms with Gasteiger partial charge in [0.25, 0.3) is 0 Å². The lowest BCUT2D eigenvalue weighted by molar-refractivity contribution is 0.121. The standard InChI is InChI=1S/C21H36NO4P/c1-3-4-5-6-7-8-9-17-10-11-19-15-20(13-12-18(19)14-17)21(2,22)16-26-27(23,24)25/h10-11,14,20H,3-9,12-13,15-16,22H2,1-2H3,(H2,23,24,25)/t20-,21-/m0/s1. The van der Waals surface area contributed by atoms with Crippen molar-refractivity contribution in [3.63, 3.8) is 0 Å². The molecule has 0 saturated heterocycles. The molecule has 1 aliphatic rings. The van der Waals surface area contributed by atoms with E-state index in [0.29, 0.717) is 0 Å². The van der Waals surface area contributed by atoms with Crippen molar-refractivity contribution < 1.29 is 18.9 Å². The Morgan fingerprint density at radius 1 is 1.19 bits per heavy atom. The molecule has 0 heterocycles. The molecular weight excluding hydrogens is 361 g/mol. The highest BCUT2D eigenvalue weighted by atomic mass is 31.2. The first kappa shape index (κ1) is 22.6. The first-order valence-electron chi connectivity index (χ1n) is 10.3. The van der Waals surface area contributed by atoms with Gasteiger partial charge in [-0.05, 0) is 61.6 Å². The summed E-state index contributed by atoms with van der Waals surface area (Å²) in [6.07, 6.45) is 11.8. The first-order valence-corrected chi connectivity index (χ1v) is 11.8. The zero-order chi connectivity index (χ0) is 19.9. The Hall–Kier alpha value is -0.710. The van der Waals surface area contributed by atoms with E-state index < -0.39 is 13.4 Å². The van der Waals surface area contributed by atoms with E-state index >= 15 is 0 Å². The highest BCUT2D eigenvalue weighted by molar-refractivity contribution is 7.46. The summed E-state index contributed by atoms with van der Waals surface area (Å²) in [6.45, 7) is 3.94. The number of phosphoric acid groups is 1. The van der Waals surface area contributed by atoms with Crippen LogP contribution in [0, 0.1) is 5.92 Å². The SMILES string of the molecule is CCCCCCCCc1ccc2c(c1)CC[C@H]([C@@](C)(N)COP(=O)(O)O)C2. The molecule has 2 atom stereocenters. The monoisotopic (exact) mass is 397 g/mol. The van der Waals surface area contributed by atoms with Crippen LogP contribution in [0.25, 0.3) is 0 Å². The molecule has 154 valence electrons. The van der Waals surface area contributed by atoms with Crippen molar-refractivity contribution in [3.8, 4) is 0 Å². The number of aryl methyl sites for hydroxylation is 2. The number of benzene rings is 1. The molecule has 27 heavy (non-hydrogen) atoms. The zero-order valence-electron chi connectivity index (χ0n) is 16.8. The Morgan fingerprint density at radius 2 is 1.89 bits per heavy atom. The maximum atomic E-state index is 11.0. The molecule has 5 nitrogen and oxygen atoms in total. The molecule has 0 saturated carbocycles. The Morgan fingerprint density at radius 3 is 2.59 bits per heavy atom. The fourth-order valence-corrected chi connectivity index (χ4v) is 4.42. The Kier molecular flexibility index (Phi) is 8.51. The van der Waals surface area contributed by atoms with E-state index in [-0.39, 0.29) is 12.5 Å². The molecule has 0 unspecified atom stereocenters. The molecule has 0 bridgehead atoms. The second kappa shape index (κ2) is 10.2. The van der Waals surface area contributed by atoms with Crippen molar-refractivity contribution in [2.45, 2.75) is 83.6 Å². The predicted molar refractivity (Wildman–Crippen MR) is 110 cm³/mol. The number of unbranched alkanes of at least 4 members (excludes halogenated alkanes) is 5. The summed E-state index contributed by atoms with van der Waals surface area (Å²) in [4.78, 5) is 17.9. The van der Waals surface area contributed by atoms with Crippen molar-refractivity contribution in [3.05, 3.63) is 34.9 Å². The maximum Gasteiger partial charge on any atom is 0.469 e. The number of phosphoric ester groups is 1. The lowest BCUT2D eigenvalue weighted by Crippen LogP contribution is -2.50. The topological polar surface area (TPSA) is 92.8 Å². The lowest BCUT2D eigenvalue weighted by atomic mass is 9.74. The zero-order valence-corrected chi connectivity index (χ0v) is 17.7. The van der Waals surface area contributed by atoms with E-state index in [9.17, 15) is 4.57 Å². The van der Waals surface area contributed by atoms with Crippen molar-refractivity contribution in [2.24, 2.45) is 11.7 Å². The van der Waals surface area contributed by atoms with Crippen molar-refractivity contribution in [1.82, 2.24) is 0 Å². The summed E-state index contributed by atoms with van der Waals surface area (Å²) < 4.78 is 15.6. The van der Waals surface area contributed by atoms with Crippen LogP contribution in [0.1, 0.15) is 75.5 Å². The van der Waals surface area contributed by atoms with Gasteiger partial charge in [0, 0.05) is 5.54 Å². The predicted octanol–water partition coefficient (Wildman–Crippen LogP) is 4.52. The summed E-state index contributed by atoms with van der Waals surface area (Å²) in [6, 6.07) is 6.79. The first-order chi connectivity index (χ1) is 12.7. The molecule has 0 aromatic heterocycles. The van der Waals surface area contributed by atoms with E-state index in [4.69, 9.17) is 15.5 Å². The highest BCUT2D eigenvalue weighted by Crippen LogP contribution is 2.39. The smallest absolute Gasteiger partial charge is 0.323 e. The average molecular weight is 397 g/mol. The molecule has 1 aromatic carbocycles. The van der Waals surface area contributed by atoms with Crippen molar-refractivity contribution in [2.75, 3.05) is 6.61 Å². The molecule has 0 spiro atoms. The van der Waals surface area contributed by atoms with Crippen molar-refractivity contribution in [1.29, 1.82) is 0 Å². The van der Waals surface area contributed by atoms with E-state index in [1.807, 2.05) is 6.92 Å². The number of rotatable bonds is 11. The number of fused-ring (bicyclic) bond motifs is 1. The number of nitrogens with two attached hydrogens (primary N) is 1. The fourth-order valence-electron chi connectivity index (χ4n) is 3.98. The van der Waals surface area contributed by atoms with Gasteiger partial charge >= 0.3 is 7.82 Å². The van der Waals surface area contributed by atoms with Gasteiger partial charge < -0.3 is 15.5 Å². The third kappa shape index (κ3) is 7.67. The van der Waals surface area contributed by atoms with Gasteiger partial charge in [-0.1, -0.05) is 57.2 Å². The molecule has 0 amide bonds. The van der Waals surface area contributed by atoms with Gasteiger partial charge in [-0.15, -0.1) is 0 Å². The largest absolute Gasteiger partial charge is 0.469 e. The molecule has 0 radical (unpaired) electrons. The lowest BCUT2D eigenvalue weighted by Gasteiger charge is -2.37. The Labute approximate surface area is 163 Å². The summed E-state index contributed by atoms with van der Waals surface area (Å²) >= 11 is 0. The van der Waals surface area contributed by atoms with Crippen LogP contribution in [-0.2, 0) is 28.4 Å². The molecule has 0 aliphatic heterocycles. The Balaban J connectivity index is 1.86. The molecular formula is C21H36NO4P. The van der Waals surface area contributed by atoms with Crippen molar-refractivity contribution >= 4 is 7.82 Å². The van der Waals surface area contributed by atoms with Gasteiger partial charge in [0.05, 0.1) is 6.61 Å². The normalized spacial score (nSPS) is 19.5. The van der Waals surface area contributed by atoms with Crippen LogP contribution < -0.4 is 5.73 Å². The average Bonchev–Trinajstić information content (AvgIpc) is 2.62. The van der Waals surface area contributed by atoms with Gasteiger partial charge in [-0.25, -0.2) is 4.57 Å². The van der Waals surface area contributed by atoms with Gasteiger partial charge in [-0.2, -0.15) is 0 Å². The van der Waals surface area contributed by atoms with Gasteiger partial charge in [0.2, 0.25) is 0 Å². The van der Waals surface area contributed by atoms with E-state index in [0.717, 1.165) is 25.7 Å². The molecule has 2 rings (SSSR count). The van der Waals surface area contributed by atoms with Crippen LogP contribution >= 0.6 is 7.82 Å². The summed E-state index contributed by atoms with van der Waals surface area (Å²) in [5.74, 6) is 0.154. The van der Waals surface area contributed by atoms with Gasteiger partial charge in [0.1, 0.15) is 0 Å². The third-order valence-electron chi connectivity index (χ3n) is 5.79. The summed E-state index contributed by atoms with van der Waals surface area (Å²) in [5.41, 5.74) is 9.71. The van der Waals surface area contributed by atoms with Gasteiger partial charge in [-0.3, -0.25) is 4.52 Å². The number of hydrogen-bond acceptors (Lipinski definition) is 3. The van der Waals surface area contributed by atoms with E-state index in [1.54, 1.807) is 0 Å². The summed E-state index contributed by atoms with van der Waals surface area (Å²) in [5, 5.41) is 0. The fraction of sp³-hybridized carbons (Fsp3) is 0.714. The van der Waals surface area contributed by atoms with Gasteiger partial charge in [0.15, 0.2) is 0 Å². The molecule has 0 fully saturated rings. The van der Waals surface area contributed by atoms with E-state index in [1.165, 1.54) is 55.2 Å². The molecule has 1 aromatic rings. The minimum absolute atomic E-state index is 0.132. The Bertz CT molecular complexity index is 641. The maximum absolute atomic E-state index is 11.0. The quantitative estimate of drug-likeness (QED) is 0.377. The van der Waals surface area contributed by atoms with Crippen LogP contribution in [0.15, 0.2) is 18.2 Å². The minimum Gasteiger partial charge on any atom is -0.323 e. The third-order valence-corrected chi connectivity index (χ3v) is 6.26. The molecule has 6 heteroatoms. The molecule has 1 aliphatic carbocycles. The minimum atomic E-state index is -4.49. The molecule has 4 N–H and O–H groups in total. The summed E-state index contributed by atoms with van der Waals surface area (Å²) in [7, 11) is -4.49. The highest BCUT2D eigenvalue weighted by Gasteiger charge is 2.35. The second-order valence-electron chi connectivity index (χ2n) is 8.33. The van der Waals surface area contributed by atoms with Crippen LogP contribution in [-0.4, -0.2) is 21.9 Å².